The van der Waals surface area contributed by atoms with Crippen LogP contribution >= 0.6 is 23.2 Å². The zero-order chi connectivity index (χ0) is 23.0. The van der Waals surface area contributed by atoms with Crippen molar-refractivity contribution in [3.63, 3.8) is 0 Å². The molecule has 1 N–H and O–H groups in total. The van der Waals surface area contributed by atoms with E-state index in [9.17, 15) is 5.11 Å². The molecule has 1 saturated heterocycles. The van der Waals surface area contributed by atoms with Crippen molar-refractivity contribution >= 4 is 23.2 Å². The third-order valence-electron chi connectivity index (χ3n) is 7.42. The van der Waals surface area contributed by atoms with Gasteiger partial charge in [-0.2, -0.15) is 0 Å². The van der Waals surface area contributed by atoms with E-state index in [0.29, 0.717) is 10.8 Å². The van der Waals surface area contributed by atoms with Gasteiger partial charge < -0.3 is 14.7 Å². The van der Waals surface area contributed by atoms with Crippen molar-refractivity contribution < 1.29 is 9.84 Å². The fraction of sp³-hybridized carbons (Fsp3) is 0.538. The minimum absolute atomic E-state index is 0.165. The van der Waals surface area contributed by atoms with Crippen LogP contribution in [-0.4, -0.2) is 53.2 Å². The summed E-state index contributed by atoms with van der Waals surface area (Å²) in [6, 6.07) is 5.76. The van der Waals surface area contributed by atoms with E-state index in [1.165, 1.54) is 5.56 Å². The first kappa shape index (κ1) is 23.7. The van der Waals surface area contributed by atoms with Crippen LogP contribution in [0.3, 0.4) is 0 Å². The lowest BCUT2D eigenvalue weighted by atomic mass is 9.85. The maximum atomic E-state index is 10.4. The molecule has 0 bridgehead atoms. The van der Waals surface area contributed by atoms with Gasteiger partial charge in [-0.1, -0.05) is 29.3 Å². The molecule has 0 spiro atoms. The van der Waals surface area contributed by atoms with Crippen LogP contribution in [0.4, 0.5) is 0 Å². The molecular formula is C26H34Cl2N2O2. The summed E-state index contributed by atoms with van der Waals surface area (Å²) in [6.45, 7) is 14.4. The van der Waals surface area contributed by atoms with Gasteiger partial charge in [-0.3, -0.25) is 4.90 Å². The number of halogens is 2. The smallest absolute Gasteiger partial charge is 0.127 e. The van der Waals surface area contributed by atoms with Gasteiger partial charge in [0.05, 0.1) is 0 Å². The Balaban J connectivity index is 1.31. The average molecular weight is 477 g/mol. The zero-order valence-corrected chi connectivity index (χ0v) is 21.1. The molecule has 0 radical (unpaired) electrons. The second-order valence-corrected chi connectivity index (χ2v) is 10.5. The molecule has 0 aliphatic carbocycles. The fourth-order valence-electron chi connectivity index (χ4n) is 4.93. The lowest BCUT2D eigenvalue weighted by molar-refractivity contribution is 0.0351. The summed E-state index contributed by atoms with van der Waals surface area (Å²) >= 11 is 12.4. The third kappa shape index (κ3) is 4.89. The van der Waals surface area contributed by atoms with Crippen LogP contribution in [0.15, 0.2) is 18.2 Å². The Labute approximate surface area is 202 Å². The molecule has 32 heavy (non-hydrogen) atoms. The highest BCUT2D eigenvalue weighted by Crippen LogP contribution is 2.44. The highest BCUT2D eigenvalue weighted by Gasteiger charge is 2.35. The number of phenols is 1. The predicted octanol–water partition coefficient (Wildman–Crippen LogP) is 5.92. The van der Waals surface area contributed by atoms with Gasteiger partial charge in [-0.15, -0.1) is 0 Å². The lowest BCUT2D eigenvalue weighted by Crippen LogP contribution is -2.48. The van der Waals surface area contributed by atoms with E-state index >= 15 is 0 Å². The summed E-state index contributed by atoms with van der Waals surface area (Å²) in [6.07, 6.45) is 2.95. The molecule has 0 aromatic heterocycles. The van der Waals surface area contributed by atoms with E-state index < -0.39 is 0 Å². The summed E-state index contributed by atoms with van der Waals surface area (Å²) in [7, 11) is 0. The monoisotopic (exact) mass is 476 g/mol. The molecule has 6 heteroatoms. The SMILES string of the molecule is Cc1c(C)c2c(c(C)c1O)CCC(C)(CCN1CCN(Cc3ccc(Cl)cc3Cl)CC1)O2. The first-order chi connectivity index (χ1) is 15.2. The molecule has 2 aliphatic rings. The van der Waals surface area contributed by atoms with Crippen molar-refractivity contribution in [1.29, 1.82) is 0 Å². The molecule has 2 aliphatic heterocycles. The highest BCUT2D eigenvalue weighted by atomic mass is 35.5. The molecule has 4 rings (SSSR count). The molecule has 2 heterocycles. The maximum Gasteiger partial charge on any atom is 0.127 e. The summed E-state index contributed by atoms with van der Waals surface area (Å²) in [4.78, 5) is 5.01. The number of fused-ring (bicyclic) bond motifs is 1. The van der Waals surface area contributed by atoms with Crippen molar-refractivity contribution in [3.05, 3.63) is 56.1 Å². The minimum Gasteiger partial charge on any atom is -0.507 e. The number of ether oxygens (including phenoxy) is 1. The molecule has 0 saturated carbocycles. The van der Waals surface area contributed by atoms with Gasteiger partial charge in [-0.05, 0) is 81.3 Å². The molecular weight excluding hydrogens is 443 g/mol. The summed E-state index contributed by atoms with van der Waals surface area (Å²) in [5, 5.41) is 11.8. The first-order valence-electron chi connectivity index (χ1n) is 11.6. The number of phenolic OH excluding ortho intramolecular Hbond substituents is 1. The Morgan fingerprint density at radius 3 is 2.38 bits per heavy atom. The number of rotatable bonds is 5. The van der Waals surface area contributed by atoms with Gasteiger partial charge >= 0.3 is 0 Å². The van der Waals surface area contributed by atoms with Crippen LogP contribution in [0, 0.1) is 20.8 Å². The molecule has 0 amide bonds. The number of benzene rings is 2. The zero-order valence-electron chi connectivity index (χ0n) is 19.6. The van der Waals surface area contributed by atoms with Crippen LogP contribution in [-0.2, 0) is 13.0 Å². The summed E-state index contributed by atoms with van der Waals surface area (Å²) in [5.74, 6) is 1.42. The summed E-state index contributed by atoms with van der Waals surface area (Å²) < 4.78 is 6.61. The van der Waals surface area contributed by atoms with Crippen LogP contribution in [0.2, 0.25) is 10.0 Å². The van der Waals surface area contributed by atoms with Gasteiger partial charge in [0.2, 0.25) is 0 Å². The van der Waals surface area contributed by atoms with Gasteiger partial charge in [0.1, 0.15) is 17.1 Å². The van der Waals surface area contributed by atoms with Crippen LogP contribution in [0.1, 0.15) is 47.6 Å². The van der Waals surface area contributed by atoms with Crippen molar-refractivity contribution in [2.45, 2.75) is 59.1 Å². The quantitative estimate of drug-likeness (QED) is 0.580. The topological polar surface area (TPSA) is 35.9 Å². The number of aromatic hydroxyl groups is 1. The first-order valence-corrected chi connectivity index (χ1v) is 12.3. The largest absolute Gasteiger partial charge is 0.507 e. The van der Waals surface area contributed by atoms with Crippen LogP contribution in [0.25, 0.3) is 0 Å². The van der Waals surface area contributed by atoms with Crippen molar-refractivity contribution in [1.82, 2.24) is 9.80 Å². The number of hydrogen-bond donors (Lipinski definition) is 1. The second kappa shape index (κ2) is 9.42. The van der Waals surface area contributed by atoms with E-state index in [4.69, 9.17) is 27.9 Å². The Hall–Kier alpha value is -1.46. The third-order valence-corrected chi connectivity index (χ3v) is 8.01. The standard InChI is InChI=1S/C26H34Cl2N2O2/c1-17-18(2)25-22(19(3)24(17)31)7-8-26(4,32-25)9-10-29-11-13-30(14-12-29)16-20-5-6-21(27)15-23(20)28/h5-6,15,31H,7-14,16H2,1-4H3. The van der Waals surface area contributed by atoms with E-state index in [1.807, 2.05) is 32.0 Å². The Morgan fingerprint density at radius 1 is 1.00 bits per heavy atom. The van der Waals surface area contributed by atoms with Crippen molar-refractivity contribution in [2.75, 3.05) is 32.7 Å². The van der Waals surface area contributed by atoms with E-state index in [1.54, 1.807) is 0 Å². The molecule has 1 unspecified atom stereocenters. The van der Waals surface area contributed by atoms with Crippen LogP contribution in [0.5, 0.6) is 11.5 Å². The van der Waals surface area contributed by atoms with Gasteiger partial charge in [0.25, 0.3) is 0 Å². The van der Waals surface area contributed by atoms with Crippen molar-refractivity contribution in [2.24, 2.45) is 0 Å². The Bertz CT molecular complexity index is 1000. The Morgan fingerprint density at radius 2 is 1.69 bits per heavy atom. The molecule has 174 valence electrons. The molecule has 4 nitrogen and oxygen atoms in total. The molecule has 2 aromatic carbocycles. The van der Waals surface area contributed by atoms with Crippen molar-refractivity contribution in [3.8, 4) is 11.5 Å². The maximum absolute atomic E-state index is 10.4. The van der Waals surface area contributed by atoms with E-state index in [-0.39, 0.29) is 5.60 Å². The van der Waals surface area contributed by atoms with Gasteiger partial charge in [-0.25, -0.2) is 0 Å². The molecule has 2 aromatic rings. The van der Waals surface area contributed by atoms with Gasteiger partial charge in [0.15, 0.2) is 0 Å². The van der Waals surface area contributed by atoms with Crippen LogP contribution < -0.4 is 4.74 Å². The van der Waals surface area contributed by atoms with Gasteiger partial charge in [0, 0.05) is 54.9 Å². The lowest BCUT2D eigenvalue weighted by Gasteiger charge is -2.40. The van der Waals surface area contributed by atoms with E-state index in [2.05, 4.69) is 23.6 Å². The Kier molecular flexibility index (Phi) is 6.97. The normalized spacial score (nSPS) is 21.9. The average Bonchev–Trinajstić information content (AvgIpc) is 2.77. The fourth-order valence-corrected chi connectivity index (χ4v) is 5.40. The minimum atomic E-state index is -0.165. The second-order valence-electron chi connectivity index (χ2n) is 9.69. The molecule has 1 fully saturated rings. The van der Waals surface area contributed by atoms with E-state index in [0.717, 1.165) is 91.6 Å². The summed E-state index contributed by atoms with van der Waals surface area (Å²) in [5.41, 5.74) is 5.13. The number of piperazine rings is 1. The number of nitrogens with zero attached hydrogens (tertiary/aromatic N) is 2. The predicted molar refractivity (Wildman–Crippen MR) is 132 cm³/mol. The number of hydrogen-bond acceptors (Lipinski definition) is 4. The molecule has 1 atom stereocenters. The highest BCUT2D eigenvalue weighted by molar-refractivity contribution is 6.35.